The lowest BCUT2D eigenvalue weighted by Gasteiger charge is -2.26. The summed E-state index contributed by atoms with van der Waals surface area (Å²) in [7, 11) is -0.544. The number of hydrogen-bond donors (Lipinski definition) is 1. The van der Waals surface area contributed by atoms with Gasteiger partial charge in [-0.25, -0.2) is 13.4 Å². The van der Waals surface area contributed by atoms with E-state index in [4.69, 9.17) is 9.47 Å². The minimum Gasteiger partial charge on any atom is -0.497 e. The molecule has 0 radical (unpaired) electrons. The van der Waals surface area contributed by atoms with Crippen LogP contribution in [0.25, 0.3) is 10.7 Å². The lowest BCUT2D eigenvalue weighted by Crippen LogP contribution is -2.40. The van der Waals surface area contributed by atoms with Gasteiger partial charge in [0.15, 0.2) is 0 Å². The molecule has 33 heavy (non-hydrogen) atoms. The second-order valence-electron chi connectivity index (χ2n) is 7.71. The summed E-state index contributed by atoms with van der Waals surface area (Å²) >= 11 is 1.27. The average Bonchev–Trinajstić information content (AvgIpc) is 3.33. The molecule has 3 heterocycles. The number of nitrogens with one attached hydrogen (secondary N) is 1. The van der Waals surface area contributed by atoms with E-state index in [2.05, 4.69) is 9.71 Å². The Morgan fingerprint density at radius 3 is 2.64 bits per heavy atom. The Labute approximate surface area is 197 Å². The number of carbonyl (C=O) groups excluding carboxylic acids is 1. The predicted octanol–water partition coefficient (Wildman–Crippen LogP) is 3.05. The number of rotatable bonds is 6. The molecule has 0 aliphatic carbocycles. The molecule has 176 valence electrons. The Morgan fingerprint density at radius 1 is 1.21 bits per heavy atom. The van der Waals surface area contributed by atoms with Crippen LogP contribution < -0.4 is 9.46 Å². The third-order valence-corrected chi connectivity index (χ3v) is 8.27. The summed E-state index contributed by atoms with van der Waals surface area (Å²) in [5, 5.41) is 0.595. The normalized spacial score (nSPS) is 14.4. The molecule has 1 aliphatic heterocycles. The lowest BCUT2D eigenvalue weighted by atomic mass is 10.3. The zero-order valence-electron chi connectivity index (χ0n) is 18.9. The predicted molar refractivity (Wildman–Crippen MR) is 127 cm³/mol. The van der Waals surface area contributed by atoms with Gasteiger partial charge in [0.1, 0.15) is 20.5 Å². The summed E-state index contributed by atoms with van der Waals surface area (Å²) in [6.07, 6.45) is 0. The number of aryl methyl sites for hydroxylation is 1. The van der Waals surface area contributed by atoms with Crippen LogP contribution in [0.3, 0.4) is 0 Å². The summed E-state index contributed by atoms with van der Waals surface area (Å²) in [5.41, 5.74) is 2.23. The van der Waals surface area contributed by atoms with E-state index in [9.17, 15) is 13.2 Å². The molecule has 0 saturated carbocycles. The van der Waals surface area contributed by atoms with Crippen LogP contribution in [-0.4, -0.2) is 62.2 Å². The molecule has 1 aromatic carbocycles. The molecule has 0 unspecified atom stereocenters. The van der Waals surface area contributed by atoms with Crippen molar-refractivity contribution in [1.29, 1.82) is 0 Å². The number of ether oxygens (including phenoxy) is 2. The van der Waals surface area contributed by atoms with Crippen molar-refractivity contribution in [2.24, 2.45) is 7.05 Å². The zero-order chi connectivity index (χ0) is 23.8. The minimum atomic E-state index is -3.85. The fourth-order valence-electron chi connectivity index (χ4n) is 3.66. The Kier molecular flexibility index (Phi) is 6.46. The van der Waals surface area contributed by atoms with Gasteiger partial charge in [0.25, 0.3) is 15.9 Å². The first-order valence-corrected chi connectivity index (χ1v) is 12.7. The highest BCUT2D eigenvalue weighted by Crippen LogP contribution is 2.33. The number of aromatic nitrogens is 2. The van der Waals surface area contributed by atoms with Crippen molar-refractivity contribution < 1.29 is 22.7 Å². The standard InChI is InChI=1S/C22H26N4O5S2/c1-14-20(22(27)26-8-10-31-11-9-26)32-21(23-14)18-13-19(15(2)25(18)3)33(28,29)24-16-6-5-7-17(12-16)30-4/h5-7,12-13,24H,8-11H2,1-4H3. The molecule has 1 aliphatic rings. The number of thiazole rings is 1. The molecule has 4 rings (SSSR count). The molecule has 1 fully saturated rings. The molecule has 2 aromatic heterocycles. The van der Waals surface area contributed by atoms with Crippen LogP contribution in [0.15, 0.2) is 35.2 Å². The molecule has 11 heteroatoms. The topological polar surface area (TPSA) is 103 Å². The van der Waals surface area contributed by atoms with E-state index in [0.717, 1.165) is 0 Å². The van der Waals surface area contributed by atoms with Crippen molar-refractivity contribution >= 4 is 33.0 Å². The van der Waals surface area contributed by atoms with Gasteiger partial charge < -0.3 is 18.9 Å². The molecule has 0 spiro atoms. The van der Waals surface area contributed by atoms with Crippen LogP contribution in [0.5, 0.6) is 5.75 Å². The molecule has 1 N–H and O–H groups in total. The SMILES string of the molecule is COc1cccc(NS(=O)(=O)c2cc(-c3nc(C)c(C(=O)N4CCOCC4)s3)n(C)c2C)c1. The molecule has 1 saturated heterocycles. The fourth-order valence-corrected chi connectivity index (χ4v) is 6.09. The highest BCUT2D eigenvalue weighted by molar-refractivity contribution is 7.92. The van der Waals surface area contributed by atoms with E-state index >= 15 is 0 Å². The number of methoxy groups -OCH3 is 1. The van der Waals surface area contributed by atoms with Gasteiger partial charge in [-0.15, -0.1) is 11.3 Å². The van der Waals surface area contributed by atoms with Crippen molar-refractivity contribution in [1.82, 2.24) is 14.5 Å². The number of nitrogens with zero attached hydrogens (tertiary/aromatic N) is 3. The fraction of sp³-hybridized carbons (Fsp3) is 0.364. The quantitative estimate of drug-likeness (QED) is 0.570. The highest BCUT2D eigenvalue weighted by atomic mass is 32.2. The number of benzene rings is 1. The number of sulfonamides is 1. The molecule has 0 bridgehead atoms. The maximum Gasteiger partial charge on any atom is 0.266 e. The van der Waals surface area contributed by atoms with E-state index < -0.39 is 10.0 Å². The van der Waals surface area contributed by atoms with E-state index in [1.165, 1.54) is 18.4 Å². The van der Waals surface area contributed by atoms with E-state index in [1.807, 2.05) is 0 Å². The summed E-state index contributed by atoms with van der Waals surface area (Å²) in [5.74, 6) is 0.481. The number of amides is 1. The minimum absolute atomic E-state index is 0.0713. The van der Waals surface area contributed by atoms with E-state index in [0.29, 0.717) is 64.7 Å². The molecular weight excluding hydrogens is 464 g/mol. The number of anilines is 1. The van der Waals surface area contributed by atoms with Crippen LogP contribution in [0.1, 0.15) is 21.1 Å². The van der Waals surface area contributed by atoms with Gasteiger partial charge >= 0.3 is 0 Å². The summed E-state index contributed by atoms with van der Waals surface area (Å²) < 4.78 is 41.2. The average molecular weight is 491 g/mol. The van der Waals surface area contributed by atoms with Gasteiger partial charge in [-0.2, -0.15) is 0 Å². The van der Waals surface area contributed by atoms with Crippen molar-refractivity contribution in [3.8, 4) is 16.5 Å². The highest BCUT2D eigenvalue weighted by Gasteiger charge is 2.27. The summed E-state index contributed by atoms with van der Waals surface area (Å²) in [6, 6.07) is 8.33. The summed E-state index contributed by atoms with van der Waals surface area (Å²) in [6.45, 7) is 5.68. The van der Waals surface area contributed by atoms with Gasteiger partial charge in [0, 0.05) is 31.9 Å². The van der Waals surface area contributed by atoms with Crippen molar-refractivity contribution in [2.75, 3.05) is 38.1 Å². The van der Waals surface area contributed by atoms with Crippen molar-refractivity contribution in [3.63, 3.8) is 0 Å². The Morgan fingerprint density at radius 2 is 1.94 bits per heavy atom. The zero-order valence-corrected chi connectivity index (χ0v) is 20.5. The number of carbonyl (C=O) groups is 1. The third-order valence-electron chi connectivity index (χ3n) is 5.61. The lowest BCUT2D eigenvalue weighted by molar-refractivity contribution is 0.0305. The van der Waals surface area contributed by atoms with Gasteiger partial charge in [0.2, 0.25) is 0 Å². The maximum absolute atomic E-state index is 13.2. The molecular formula is C22H26N4O5S2. The number of morpholine rings is 1. The number of hydrogen-bond acceptors (Lipinski definition) is 7. The Hall–Kier alpha value is -2.89. The molecule has 0 atom stereocenters. The Bertz CT molecular complexity index is 1290. The first kappa shape index (κ1) is 23.3. The first-order valence-electron chi connectivity index (χ1n) is 10.4. The van der Waals surface area contributed by atoms with Crippen molar-refractivity contribution in [3.05, 3.63) is 46.6 Å². The van der Waals surface area contributed by atoms with E-state index in [1.54, 1.807) is 60.7 Å². The van der Waals surface area contributed by atoms with Crippen LogP contribution in [0, 0.1) is 13.8 Å². The smallest absolute Gasteiger partial charge is 0.266 e. The van der Waals surface area contributed by atoms with Gasteiger partial charge in [-0.05, 0) is 32.0 Å². The van der Waals surface area contributed by atoms with Gasteiger partial charge in [0.05, 0.1) is 37.4 Å². The van der Waals surface area contributed by atoms with Crippen LogP contribution in [-0.2, 0) is 21.8 Å². The Balaban J connectivity index is 1.65. The second kappa shape index (κ2) is 9.16. The largest absolute Gasteiger partial charge is 0.497 e. The maximum atomic E-state index is 13.2. The van der Waals surface area contributed by atoms with Crippen LogP contribution >= 0.6 is 11.3 Å². The second-order valence-corrected chi connectivity index (χ2v) is 10.4. The monoisotopic (exact) mass is 490 g/mol. The molecule has 3 aromatic rings. The van der Waals surface area contributed by atoms with Crippen molar-refractivity contribution in [2.45, 2.75) is 18.7 Å². The van der Waals surface area contributed by atoms with Gasteiger partial charge in [-0.3, -0.25) is 9.52 Å². The molecule has 1 amide bonds. The molecule has 9 nitrogen and oxygen atoms in total. The van der Waals surface area contributed by atoms with Gasteiger partial charge in [-0.1, -0.05) is 6.07 Å². The third kappa shape index (κ3) is 4.61. The van der Waals surface area contributed by atoms with Crippen LogP contribution in [0.4, 0.5) is 5.69 Å². The first-order chi connectivity index (χ1) is 15.7. The van der Waals surface area contributed by atoms with E-state index in [-0.39, 0.29) is 10.8 Å². The van der Waals surface area contributed by atoms with Crippen LogP contribution in [0.2, 0.25) is 0 Å². The summed E-state index contributed by atoms with van der Waals surface area (Å²) in [4.78, 5) is 20.0.